The molecule has 0 saturated heterocycles. The molecule has 2 aromatic heterocycles. The van der Waals surface area contributed by atoms with Crippen molar-refractivity contribution in [2.75, 3.05) is 0 Å². The van der Waals surface area contributed by atoms with Gasteiger partial charge in [0.1, 0.15) is 4.88 Å². The van der Waals surface area contributed by atoms with E-state index in [1.54, 1.807) is 18.5 Å². The van der Waals surface area contributed by atoms with Gasteiger partial charge in [0.15, 0.2) is 0 Å². The molecule has 0 spiro atoms. The molecule has 0 aliphatic rings. The molecule has 0 aliphatic heterocycles. The predicted octanol–water partition coefficient (Wildman–Crippen LogP) is 2.43. The molecule has 0 atom stereocenters. The lowest BCUT2D eigenvalue weighted by Crippen LogP contribution is -1.89. The zero-order valence-corrected chi connectivity index (χ0v) is 8.70. The second-order valence-corrected chi connectivity index (χ2v) is 4.28. The van der Waals surface area contributed by atoms with Crippen molar-refractivity contribution in [3.63, 3.8) is 0 Å². The first-order valence-corrected chi connectivity index (χ1v) is 5.28. The molecular weight excluding hydrogens is 210 g/mol. The molecular formula is C11H9NO2S. The Balaban J connectivity index is 2.15. The van der Waals surface area contributed by atoms with Crippen molar-refractivity contribution in [2.45, 2.75) is 6.42 Å². The Morgan fingerprint density at radius 2 is 2.27 bits per heavy atom. The Hall–Kier alpha value is -1.68. The number of pyridine rings is 1. The third-order valence-electron chi connectivity index (χ3n) is 1.97. The van der Waals surface area contributed by atoms with E-state index in [4.69, 9.17) is 5.11 Å². The Labute approximate surface area is 91.0 Å². The summed E-state index contributed by atoms with van der Waals surface area (Å²) in [7, 11) is 0. The third-order valence-corrected chi connectivity index (χ3v) is 3.05. The van der Waals surface area contributed by atoms with E-state index < -0.39 is 5.97 Å². The van der Waals surface area contributed by atoms with E-state index >= 15 is 0 Å². The van der Waals surface area contributed by atoms with Gasteiger partial charge in [-0.15, -0.1) is 11.3 Å². The number of aromatic carboxylic acids is 1. The van der Waals surface area contributed by atoms with Gasteiger partial charge < -0.3 is 5.11 Å². The fraction of sp³-hybridized carbons (Fsp3) is 0.0909. The van der Waals surface area contributed by atoms with E-state index in [1.165, 1.54) is 11.3 Å². The van der Waals surface area contributed by atoms with Crippen LogP contribution in [0.25, 0.3) is 0 Å². The highest BCUT2D eigenvalue weighted by Gasteiger charge is 2.06. The maximum absolute atomic E-state index is 10.7. The van der Waals surface area contributed by atoms with Crippen LogP contribution >= 0.6 is 11.3 Å². The smallest absolute Gasteiger partial charge is 0.345 e. The van der Waals surface area contributed by atoms with Gasteiger partial charge in [0.25, 0.3) is 0 Å². The van der Waals surface area contributed by atoms with Gasteiger partial charge in [-0.05, 0) is 23.8 Å². The molecule has 0 radical (unpaired) electrons. The molecule has 0 fully saturated rings. The fourth-order valence-electron chi connectivity index (χ4n) is 1.29. The summed E-state index contributed by atoms with van der Waals surface area (Å²) in [5.41, 5.74) is 1.09. The highest BCUT2D eigenvalue weighted by molar-refractivity contribution is 7.13. The summed E-state index contributed by atoms with van der Waals surface area (Å²) < 4.78 is 0. The van der Waals surface area contributed by atoms with Crippen molar-refractivity contribution >= 4 is 17.3 Å². The van der Waals surface area contributed by atoms with E-state index in [2.05, 4.69) is 4.98 Å². The van der Waals surface area contributed by atoms with Crippen molar-refractivity contribution < 1.29 is 9.90 Å². The number of carbonyl (C=O) groups is 1. The van der Waals surface area contributed by atoms with Crippen LogP contribution in [0.3, 0.4) is 0 Å². The maximum atomic E-state index is 10.7. The summed E-state index contributed by atoms with van der Waals surface area (Å²) in [6.07, 6.45) is 4.26. The molecule has 0 amide bonds. The number of nitrogens with zero attached hydrogens (tertiary/aromatic N) is 1. The van der Waals surface area contributed by atoms with Gasteiger partial charge in [-0.1, -0.05) is 6.07 Å². The second-order valence-electron chi connectivity index (χ2n) is 3.11. The van der Waals surface area contributed by atoms with Crippen LogP contribution in [-0.4, -0.2) is 16.1 Å². The molecule has 1 N–H and O–H groups in total. The maximum Gasteiger partial charge on any atom is 0.345 e. The van der Waals surface area contributed by atoms with E-state index in [-0.39, 0.29) is 0 Å². The van der Waals surface area contributed by atoms with Crippen LogP contribution in [0.4, 0.5) is 0 Å². The Morgan fingerprint density at radius 1 is 1.40 bits per heavy atom. The van der Waals surface area contributed by atoms with E-state index in [1.807, 2.05) is 18.2 Å². The number of thiophene rings is 1. The van der Waals surface area contributed by atoms with Gasteiger partial charge in [0.05, 0.1) is 0 Å². The molecule has 2 heterocycles. The number of carboxylic acids is 1. The summed E-state index contributed by atoms with van der Waals surface area (Å²) in [6, 6.07) is 7.34. The van der Waals surface area contributed by atoms with Gasteiger partial charge in [0.2, 0.25) is 0 Å². The number of aromatic nitrogens is 1. The lowest BCUT2D eigenvalue weighted by atomic mass is 10.2. The zero-order chi connectivity index (χ0) is 10.7. The summed E-state index contributed by atoms with van der Waals surface area (Å²) >= 11 is 1.31. The van der Waals surface area contributed by atoms with Crippen LogP contribution in [0.1, 0.15) is 20.1 Å². The molecule has 0 aliphatic carbocycles. The Morgan fingerprint density at radius 3 is 2.87 bits per heavy atom. The monoisotopic (exact) mass is 219 g/mol. The largest absolute Gasteiger partial charge is 0.477 e. The normalized spacial score (nSPS) is 10.1. The molecule has 0 aromatic carbocycles. The molecule has 4 heteroatoms. The van der Waals surface area contributed by atoms with Gasteiger partial charge in [-0.25, -0.2) is 4.79 Å². The SMILES string of the molecule is O=C(O)c1ccc(Cc2cccnc2)s1. The highest BCUT2D eigenvalue weighted by Crippen LogP contribution is 2.19. The van der Waals surface area contributed by atoms with E-state index in [0.717, 1.165) is 16.9 Å². The minimum absolute atomic E-state index is 0.383. The first kappa shape index (κ1) is 9.86. The number of hydrogen-bond acceptors (Lipinski definition) is 3. The van der Waals surface area contributed by atoms with Gasteiger partial charge in [0, 0.05) is 23.7 Å². The minimum Gasteiger partial charge on any atom is -0.477 e. The molecule has 2 rings (SSSR count). The average Bonchev–Trinajstić information content (AvgIpc) is 2.68. The number of carboxylic acid groups (broad SMARTS) is 1. The lowest BCUT2D eigenvalue weighted by Gasteiger charge is -1.95. The Bertz CT molecular complexity index is 464. The average molecular weight is 219 g/mol. The number of hydrogen-bond donors (Lipinski definition) is 1. The fourth-order valence-corrected chi connectivity index (χ4v) is 2.17. The van der Waals surface area contributed by atoms with Crippen molar-refractivity contribution in [3.05, 3.63) is 52.0 Å². The number of rotatable bonds is 3. The zero-order valence-electron chi connectivity index (χ0n) is 7.88. The minimum atomic E-state index is -0.863. The topological polar surface area (TPSA) is 50.2 Å². The molecule has 2 aromatic rings. The van der Waals surface area contributed by atoms with Gasteiger partial charge in [-0.3, -0.25) is 4.98 Å². The van der Waals surface area contributed by atoms with Gasteiger partial charge in [-0.2, -0.15) is 0 Å². The van der Waals surface area contributed by atoms with Crippen molar-refractivity contribution in [1.29, 1.82) is 0 Å². The molecule has 76 valence electrons. The second kappa shape index (κ2) is 4.23. The van der Waals surface area contributed by atoms with Crippen LogP contribution in [0.5, 0.6) is 0 Å². The van der Waals surface area contributed by atoms with Crippen molar-refractivity contribution in [2.24, 2.45) is 0 Å². The van der Waals surface area contributed by atoms with Gasteiger partial charge >= 0.3 is 5.97 Å². The third kappa shape index (κ3) is 2.41. The molecule has 0 bridgehead atoms. The quantitative estimate of drug-likeness (QED) is 0.862. The van der Waals surface area contributed by atoms with Crippen molar-refractivity contribution in [3.8, 4) is 0 Å². The first-order chi connectivity index (χ1) is 7.25. The van der Waals surface area contributed by atoms with Crippen molar-refractivity contribution in [1.82, 2.24) is 4.98 Å². The summed E-state index contributed by atoms with van der Waals surface area (Å²) in [5.74, 6) is -0.863. The lowest BCUT2D eigenvalue weighted by molar-refractivity contribution is 0.0702. The van der Waals surface area contributed by atoms with E-state index in [0.29, 0.717) is 4.88 Å². The summed E-state index contributed by atoms with van der Waals surface area (Å²) in [5, 5.41) is 8.76. The van der Waals surface area contributed by atoms with Crippen LogP contribution in [0.15, 0.2) is 36.7 Å². The molecule has 0 saturated carbocycles. The van der Waals surface area contributed by atoms with E-state index in [9.17, 15) is 4.79 Å². The Kier molecular flexibility index (Phi) is 2.78. The summed E-state index contributed by atoms with van der Waals surface area (Å²) in [4.78, 5) is 16.1. The molecule has 15 heavy (non-hydrogen) atoms. The molecule has 0 unspecified atom stereocenters. The molecule has 3 nitrogen and oxygen atoms in total. The van der Waals surface area contributed by atoms with Crippen LogP contribution in [0, 0.1) is 0 Å². The van der Waals surface area contributed by atoms with Crippen LogP contribution < -0.4 is 0 Å². The predicted molar refractivity (Wildman–Crippen MR) is 58.3 cm³/mol. The highest BCUT2D eigenvalue weighted by atomic mass is 32.1. The first-order valence-electron chi connectivity index (χ1n) is 4.46. The standard InChI is InChI=1S/C11H9NO2S/c13-11(14)10-4-3-9(15-10)6-8-2-1-5-12-7-8/h1-5,7H,6H2,(H,13,14). The van der Waals surface area contributed by atoms with Crippen LogP contribution in [0.2, 0.25) is 0 Å². The van der Waals surface area contributed by atoms with Crippen LogP contribution in [-0.2, 0) is 6.42 Å². The summed E-state index contributed by atoms with van der Waals surface area (Å²) in [6.45, 7) is 0.